The fraction of sp³-hybridized carbons (Fsp3) is 0.571. The van der Waals surface area contributed by atoms with Crippen LogP contribution in [0.3, 0.4) is 0 Å². The van der Waals surface area contributed by atoms with E-state index >= 15 is 0 Å². The summed E-state index contributed by atoms with van der Waals surface area (Å²) < 4.78 is 30.5. The molecule has 0 bridgehead atoms. The molecule has 148 valence electrons. The van der Waals surface area contributed by atoms with Gasteiger partial charge in [-0.3, -0.25) is 4.68 Å². The third-order valence-corrected chi connectivity index (χ3v) is 7.20. The van der Waals surface area contributed by atoms with Gasteiger partial charge in [-0.2, -0.15) is 9.40 Å². The molecule has 6 heteroatoms. The van der Waals surface area contributed by atoms with Crippen LogP contribution in [0, 0.1) is 0 Å². The van der Waals surface area contributed by atoms with Gasteiger partial charge in [0, 0.05) is 24.7 Å². The van der Waals surface area contributed by atoms with Gasteiger partial charge in [0.05, 0.1) is 11.7 Å². The second-order valence-corrected chi connectivity index (χ2v) is 10.3. The van der Waals surface area contributed by atoms with E-state index in [0.29, 0.717) is 29.7 Å². The molecule has 0 saturated heterocycles. The lowest BCUT2D eigenvalue weighted by Crippen LogP contribution is -2.32. The zero-order chi connectivity index (χ0) is 19.7. The van der Waals surface area contributed by atoms with Crippen molar-refractivity contribution in [2.45, 2.75) is 76.3 Å². The zero-order valence-electron chi connectivity index (χ0n) is 16.9. The minimum Gasteiger partial charge on any atom is -0.268 e. The molecule has 2 aromatic rings. The summed E-state index contributed by atoms with van der Waals surface area (Å²) in [5, 5.41) is 4.76. The predicted octanol–water partition coefficient (Wildman–Crippen LogP) is 4.51. The number of sulfonamides is 1. The Hall–Kier alpha value is -1.66. The molecule has 0 amide bonds. The van der Waals surface area contributed by atoms with Crippen molar-refractivity contribution in [1.82, 2.24) is 14.1 Å². The Kier molecular flexibility index (Phi) is 5.77. The number of rotatable bonds is 6. The van der Waals surface area contributed by atoms with Crippen molar-refractivity contribution in [2.24, 2.45) is 0 Å². The molecule has 0 spiro atoms. The van der Waals surface area contributed by atoms with E-state index < -0.39 is 10.0 Å². The Morgan fingerprint density at radius 1 is 1.15 bits per heavy atom. The fourth-order valence-corrected chi connectivity index (χ4v) is 5.50. The van der Waals surface area contributed by atoms with Gasteiger partial charge in [0.2, 0.25) is 10.0 Å². The van der Waals surface area contributed by atoms with Crippen molar-refractivity contribution in [2.75, 3.05) is 6.54 Å². The van der Waals surface area contributed by atoms with E-state index in [1.807, 2.05) is 62.7 Å². The second-order valence-electron chi connectivity index (χ2n) is 8.43. The zero-order valence-corrected chi connectivity index (χ0v) is 17.7. The molecule has 0 unspecified atom stereocenters. The van der Waals surface area contributed by atoms with Crippen LogP contribution in [0.1, 0.15) is 70.7 Å². The summed E-state index contributed by atoms with van der Waals surface area (Å²) in [7, 11) is -3.62. The number of benzene rings is 1. The SMILES string of the molecule is CCN(Cc1ccccc1)S(=O)(=O)c1cn(C2CCCC2)nc1C(C)(C)C. The summed E-state index contributed by atoms with van der Waals surface area (Å²) in [6, 6.07) is 10.1. The fourth-order valence-electron chi connectivity index (χ4n) is 3.73. The third kappa shape index (κ3) is 4.27. The van der Waals surface area contributed by atoms with Gasteiger partial charge in [-0.1, -0.05) is 70.9 Å². The van der Waals surface area contributed by atoms with Crippen molar-refractivity contribution in [3.05, 3.63) is 47.8 Å². The predicted molar refractivity (Wildman–Crippen MR) is 108 cm³/mol. The van der Waals surface area contributed by atoms with Crippen molar-refractivity contribution >= 4 is 10.0 Å². The molecule has 1 aromatic carbocycles. The molecule has 0 atom stereocenters. The van der Waals surface area contributed by atoms with Crippen LogP contribution in [0.15, 0.2) is 41.4 Å². The van der Waals surface area contributed by atoms with Crippen molar-refractivity contribution in [3.63, 3.8) is 0 Å². The Labute approximate surface area is 163 Å². The second kappa shape index (κ2) is 7.76. The van der Waals surface area contributed by atoms with Crippen LogP contribution in [-0.2, 0) is 22.0 Å². The highest BCUT2D eigenvalue weighted by Gasteiger charge is 2.34. The first-order valence-electron chi connectivity index (χ1n) is 9.87. The van der Waals surface area contributed by atoms with Gasteiger partial charge in [0.15, 0.2) is 0 Å². The lowest BCUT2D eigenvalue weighted by Gasteiger charge is -2.23. The summed E-state index contributed by atoms with van der Waals surface area (Å²) in [4.78, 5) is 0.361. The molecule has 3 rings (SSSR count). The minimum absolute atomic E-state index is 0.319. The van der Waals surface area contributed by atoms with Crippen LogP contribution in [0.25, 0.3) is 0 Å². The number of hydrogen-bond donors (Lipinski definition) is 0. The highest BCUT2D eigenvalue weighted by molar-refractivity contribution is 7.89. The molecule has 5 nitrogen and oxygen atoms in total. The van der Waals surface area contributed by atoms with Gasteiger partial charge in [-0.25, -0.2) is 8.42 Å². The molecule has 1 heterocycles. The molecule has 27 heavy (non-hydrogen) atoms. The summed E-state index contributed by atoms with van der Waals surface area (Å²) in [6.07, 6.45) is 6.30. The Morgan fingerprint density at radius 3 is 2.33 bits per heavy atom. The molecule has 0 N–H and O–H groups in total. The molecule has 1 aliphatic carbocycles. The van der Waals surface area contributed by atoms with Crippen LogP contribution < -0.4 is 0 Å². The van der Waals surface area contributed by atoms with E-state index in [4.69, 9.17) is 5.10 Å². The largest absolute Gasteiger partial charge is 0.268 e. The monoisotopic (exact) mass is 389 g/mol. The Bertz CT molecular complexity index is 861. The number of hydrogen-bond acceptors (Lipinski definition) is 3. The van der Waals surface area contributed by atoms with Gasteiger partial charge in [-0.15, -0.1) is 0 Å². The van der Waals surface area contributed by atoms with Crippen LogP contribution in [-0.4, -0.2) is 29.0 Å². The highest BCUT2D eigenvalue weighted by Crippen LogP contribution is 2.35. The van der Waals surface area contributed by atoms with Crippen LogP contribution in [0.5, 0.6) is 0 Å². The minimum atomic E-state index is -3.62. The van der Waals surface area contributed by atoms with Crippen molar-refractivity contribution < 1.29 is 8.42 Å². The maximum absolute atomic E-state index is 13.5. The molecule has 1 aliphatic rings. The maximum atomic E-state index is 13.5. The normalized spacial score (nSPS) is 16.3. The maximum Gasteiger partial charge on any atom is 0.246 e. The van der Waals surface area contributed by atoms with E-state index in [9.17, 15) is 8.42 Å². The summed E-state index contributed by atoms with van der Waals surface area (Å²) >= 11 is 0. The van der Waals surface area contributed by atoms with E-state index in [-0.39, 0.29) is 5.41 Å². The average molecular weight is 390 g/mol. The first kappa shape index (κ1) is 20.1. The first-order valence-corrected chi connectivity index (χ1v) is 11.3. The molecule has 1 fully saturated rings. The summed E-state index contributed by atoms with van der Waals surface area (Å²) in [5.74, 6) is 0. The topological polar surface area (TPSA) is 55.2 Å². The average Bonchev–Trinajstić information content (AvgIpc) is 3.29. The molecular weight excluding hydrogens is 358 g/mol. The lowest BCUT2D eigenvalue weighted by atomic mass is 9.92. The molecule has 1 aromatic heterocycles. The van der Waals surface area contributed by atoms with Gasteiger partial charge in [0.25, 0.3) is 0 Å². The van der Waals surface area contributed by atoms with Crippen LogP contribution >= 0.6 is 0 Å². The standard InChI is InChI=1S/C21H31N3O2S/c1-5-23(15-17-11-7-6-8-12-17)27(25,26)19-16-24(18-13-9-10-14-18)22-20(19)21(2,3)4/h6-8,11-12,16,18H,5,9-10,13-15H2,1-4H3. The van der Waals surface area contributed by atoms with Crippen molar-refractivity contribution in [1.29, 1.82) is 0 Å². The number of nitrogens with zero attached hydrogens (tertiary/aromatic N) is 3. The molecule has 1 saturated carbocycles. The molecular formula is C21H31N3O2S. The van der Waals surface area contributed by atoms with Crippen LogP contribution in [0.4, 0.5) is 0 Å². The van der Waals surface area contributed by atoms with Gasteiger partial charge >= 0.3 is 0 Å². The molecule has 0 radical (unpaired) electrons. The van der Waals surface area contributed by atoms with Gasteiger partial charge in [-0.05, 0) is 18.4 Å². The Balaban J connectivity index is 2.01. The third-order valence-electron chi connectivity index (χ3n) is 5.28. The number of aromatic nitrogens is 2. The summed E-state index contributed by atoms with van der Waals surface area (Å²) in [5.41, 5.74) is 1.32. The van der Waals surface area contributed by atoms with E-state index in [2.05, 4.69) is 0 Å². The quantitative estimate of drug-likeness (QED) is 0.730. The first-order chi connectivity index (χ1) is 12.7. The van der Waals surface area contributed by atoms with Gasteiger partial charge in [0.1, 0.15) is 4.90 Å². The van der Waals surface area contributed by atoms with E-state index in [1.165, 1.54) is 12.8 Å². The smallest absolute Gasteiger partial charge is 0.246 e. The highest BCUT2D eigenvalue weighted by atomic mass is 32.2. The summed E-state index contributed by atoms with van der Waals surface area (Å²) in [6.45, 7) is 8.77. The van der Waals surface area contributed by atoms with E-state index in [0.717, 1.165) is 18.4 Å². The Morgan fingerprint density at radius 2 is 1.78 bits per heavy atom. The lowest BCUT2D eigenvalue weighted by molar-refractivity contribution is 0.420. The van der Waals surface area contributed by atoms with Crippen molar-refractivity contribution in [3.8, 4) is 0 Å². The van der Waals surface area contributed by atoms with E-state index in [1.54, 1.807) is 10.5 Å². The molecule has 0 aliphatic heterocycles. The van der Waals surface area contributed by atoms with Gasteiger partial charge < -0.3 is 0 Å². The van der Waals surface area contributed by atoms with Crippen LogP contribution in [0.2, 0.25) is 0 Å².